The van der Waals surface area contributed by atoms with E-state index < -0.39 is 0 Å². The zero-order chi connectivity index (χ0) is 13.1. The summed E-state index contributed by atoms with van der Waals surface area (Å²) >= 11 is 0. The van der Waals surface area contributed by atoms with Crippen LogP contribution in [-0.2, 0) is 0 Å². The Morgan fingerprint density at radius 2 is 1.78 bits per heavy atom. The third-order valence-electron chi connectivity index (χ3n) is 3.26. The summed E-state index contributed by atoms with van der Waals surface area (Å²) in [5, 5.41) is 0. The van der Waals surface area contributed by atoms with Gasteiger partial charge in [0.25, 0.3) is 0 Å². The Morgan fingerprint density at radius 1 is 1.00 bits per heavy atom. The van der Waals surface area contributed by atoms with Crippen LogP contribution in [0, 0.1) is 20.8 Å². The van der Waals surface area contributed by atoms with Gasteiger partial charge in [-0.2, -0.15) is 0 Å². The van der Waals surface area contributed by atoms with Crippen LogP contribution < -0.4 is 11.3 Å². The smallest absolute Gasteiger partial charge is 0.0725 e. The summed E-state index contributed by atoms with van der Waals surface area (Å²) in [5.74, 6) is 5.70. The molecule has 0 saturated carbocycles. The van der Waals surface area contributed by atoms with Crippen LogP contribution in [0.15, 0.2) is 36.7 Å². The number of aryl methyl sites for hydroxylation is 3. The highest BCUT2D eigenvalue weighted by Crippen LogP contribution is 2.23. The number of aromatic nitrogens is 1. The van der Waals surface area contributed by atoms with Gasteiger partial charge in [0, 0.05) is 12.4 Å². The Bertz CT molecular complexity index is 549. The zero-order valence-corrected chi connectivity index (χ0v) is 11.1. The van der Waals surface area contributed by atoms with Gasteiger partial charge in [-0.15, -0.1) is 0 Å². The van der Waals surface area contributed by atoms with Crippen LogP contribution in [-0.4, -0.2) is 4.98 Å². The van der Waals surface area contributed by atoms with Gasteiger partial charge in [0.15, 0.2) is 0 Å². The van der Waals surface area contributed by atoms with E-state index in [1.54, 1.807) is 0 Å². The first-order valence-electron chi connectivity index (χ1n) is 6.06. The average Bonchev–Trinajstić information content (AvgIpc) is 2.35. The first-order chi connectivity index (χ1) is 8.61. The molecule has 3 heteroatoms. The maximum absolute atomic E-state index is 5.70. The highest BCUT2D eigenvalue weighted by Gasteiger charge is 2.13. The topological polar surface area (TPSA) is 50.9 Å². The van der Waals surface area contributed by atoms with Crippen molar-refractivity contribution in [2.45, 2.75) is 26.8 Å². The maximum atomic E-state index is 5.70. The first kappa shape index (κ1) is 12.7. The van der Waals surface area contributed by atoms with Crippen LogP contribution in [0.25, 0.3) is 0 Å². The number of nitrogens with zero attached hydrogens (tertiary/aromatic N) is 1. The number of rotatable bonds is 3. The van der Waals surface area contributed by atoms with Gasteiger partial charge < -0.3 is 0 Å². The minimum Gasteiger partial charge on any atom is -0.271 e. The largest absolute Gasteiger partial charge is 0.271 e. The van der Waals surface area contributed by atoms with Gasteiger partial charge in [0.05, 0.1) is 6.04 Å². The Morgan fingerprint density at radius 3 is 2.39 bits per heavy atom. The second kappa shape index (κ2) is 5.29. The molecule has 1 heterocycles. The highest BCUT2D eigenvalue weighted by atomic mass is 15.2. The van der Waals surface area contributed by atoms with Crippen LogP contribution in [0.4, 0.5) is 0 Å². The van der Waals surface area contributed by atoms with Crippen molar-refractivity contribution in [3.8, 4) is 0 Å². The van der Waals surface area contributed by atoms with Crippen LogP contribution in [0.1, 0.15) is 33.9 Å². The van der Waals surface area contributed by atoms with Gasteiger partial charge in [0.1, 0.15) is 0 Å². The Hall–Kier alpha value is -1.71. The molecule has 2 rings (SSSR count). The van der Waals surface area contributed by atoms with E-state index in [0.29, 0.717) is 0 Å². The number of pyridine rings is 1. The van der Waals surface area contributed by atoms with Gasteiger partial charge in [-0.1, -0.05) is 24.3 Å². The molecule has 18 heavy (non-hydrogen) atoms. The van der Waals surface area contributed by atoms with Crippen molar-refractivity contribution in [3.63, 3.8) is 0 Å². The molecule has 0 amide bonds. The standard InChI is InChI=1S/C15H19N3/c1-10-6-14(9-17-8-10)15(18-16)13-5-4-11(2)12(3)7-13/h4-9,15,18H,16H2,1-3H3. The summed E-state index contributed by atoms with van der Waals surface area (Å²) in [4.78, 5) is 4.22. The fourth-order valence-electron chi connectivity index (χ4n) is 2.07. The van der Waals surface area contributed by atoms with E-state index in [-0.39, 0.29) is 6.04 Å². The third kappa shape index (κ3) is 2.58. The van der Waals surface area contributed by atoms with Gasteiger partial charge in [0.2, 0.25) is 0 Å². The summed E-state index contributed by atoms with van der Waals surface area (Å²) in [7, 11) is 0. The van der Waals surface area contributed by atoms with E-state index in [4.69, 9.17) is 5.84 Å². The van der Waals surface area contributed by atoms with Crippen LogP contribution >= 0.6 is 0 Å². The summed E-state index contributed by atoms with van der Waals surface area (Å²) in [6, 6.07) is 8.49. The van der Waals surface area contributed by atoms with E-state index >= 15 is 0 Å². The Balaban J connectivity index is 2.42. The molecule has 94 valence electrons. The van der Waals surface area contributed by atoms with E-state index in [0.717, 1.165) is 16.7 Å². The fraction of sp³-hybridized carbons (Fsp3) is 0.267. The molecule has 1 atom stereocenters. The van der Waals surface area contributed by atoms with Crippen molar-refractivity contribution in [3.05, 3.63) is 64.5 Å². The number of nitrogens with one attached hydrogen (secondary N) is 1. The van der Waals surface area contributed by atoms with Crippen molar-refractivity contribution >= 4 is 0 Å². The molecule has 0 radical (unpaired) electrons. The van der Waals surface area contributed by atoms with Gasteiger partial charge in [-0.25, -0.2) is 5.43 Å². The number of hydrazine groups is 1. The maximum Gasteiger partial charge on any atom is 0.0725 e. The number of nitrogens with two attached hydrogens (primary N) is 1. The molecule has 0 saturated heterocycles. The summed E-state index contributed by atoms with van der Waals surface area (Å²) in [6.07, 6.45) is 3.70. The molecule has 1 aromatic carbocycles. The van der Waals surface area contributed by atoms with E-state index in [9.17, 15) is 0 Å². The minimum absolute atomic E-state index is 0.0169. The van der Waals surface area contributed by atoms with Crippen LogP contribution in [0.5, 0.6) is 0 Å². The molecule has 2 aromatic rings. The third-order valence-corrected chi connectivity index (χ3v) is 3.26. The summed E-state index contributed by atoms with van der Waals surface area (Å²) < 4.78 is 0. The van der Waals surface area contributed by atoms with Crippen molar-refractivity contribution in [1.29, 1.82) is 0 Å². The van der Waals surface area contributed by atoms with Gasteiger partial charge in [-0.05, 0) is 48.6 Å². The SMILES string of the molecule is Cc1cncc(C(NN)c2ccc(C)c(C)c2)c1. The molecule has 0 aliphatic carbocycles. The Kier molecular flexibility index (Phi) is 3.75. The summed E-state index contributed by atoms with van der Waals surface area (Å²) in [5.41, 5.74) is 8.81. The molecule has 1 unspecified atom stereocenters. The monoisotopic (exact) mass is 241 g/mol. The second-order valence-corrected chi connectivity index (χ2v) is 4.74. The van der Waals surface area contributed by atoms with Crippen molar-refractivity contribution in [2.24, 2.45) is 5.84 Å². The van der Waals surface area contributed by atoms with E-state index in [2.05, 4.69) is 48.5 Å². The van der Waals surface area contributed by atoms with Crippen LogP contribution in [0.3, 0.4) is 0 Å². The predicted molar refractivity (Wildman–Crippen MR) is 74.1 cm³/mol. The average molecular weight is 241 g/mol. The molecular weight excluding hydrogens is 222 g/mol. The van der Waals surface area contributed by atoms with Crippen molar-refractivity contribution in [2.75, 3.05) is 0 Å². The number of benzene rings is 1. The van der Waals surface area contributed by atoms with E-state index in [1.165, 1.54) is 11.1 Å². The molecule has 0 fully saturated rings. The highest BCUT2D eigenvalue weighted by molar-refractivity contribution is 5.37. The molecule has 3 N–H and O–H groups in total. The van der Waals surface area contributed by atoms with Gasteiger partial charge >= 0.3 is 0 Å². The second-order valence-electron chi connectivity index (χ2n) is 4.74. The Labute approximate surface area is 108 Å². The lowest BCUT2D eigenvalue weighted by atomic mass is 9.96. The molecule has 0 bridgehead atoms. The minimum atomic E-state index is -0.0169. The quantitative estimate of drug-likeness (QED) is 0.641. The molecule has 3 nitrogen and oxygen atoms in total. The molecular formula is C15H19N3. The predicted octanol–water partition coefficient (Wildman–Crippen LogP) is 2.56. The lowest BCUT2D eigenvalue weighted by molar-refractivity contribution is 0.633. The fourth-order valence-corrected chi connectivity index (χ4v) is 2.07. The first-order valence-corrected chi connectivity index (χ1v) is 6.06. The van der Waals surface area contributed by atoms with Crippen molar-refractivity contribution < 1.29 is 0 Å². The molecule has 0 aliphatic rings. The normalized spacial score (nSPS) is 12.4. The molecule has 1 aromatic heterocycles. The van der Waals surface area contributed by atoms with Gasteiger partial charge in [-0.3, -0.25) is 10.8 Å². The van der Waals surface area contributed by atoms with Crippen LogP contribution in [0.2, 0.25) is 0 Å². The molecule has 0 spiro atoms. The molecule has 0 aliphatic heterocycles. The lowest BCUT2D eigenvalue weighted by Crippen LogP contribution is -2.29. The number of hydrogen-bond acceptors (Lipinski definition) is 3. The van der Waals surface area contributed by atoms with E-state index in [1.807, 2.05) is 19.3 Å². The van der Waals surface area contributed by atoms with Crippen molar-refractivity contribution in [1.82, 2.24) is 10.4 Å². The summed E-state index contributed by atoms with van der Waals surface area (Å²) in [6.45, 7) is 6.25. The zero-order valence-electron chi connectivity index (χ0n) is 11.1. The number of hydrogen-bond donors (Lipinski definition) is 2. The lowest BCUT2D eigenvalue weighted by Gasteiger charge is -2.18.